The van der Waals surface area contributed by atoms with E-state index in [9.17, 15) is 4.79 Å². The van der Waals surface area contributed by atoms with Gasteiger partial charge >= 0.3 is 5.97 Å². The summed E-state index contributed by atoms with van der Waals surface area (Å²) in [5, 5.41) is 0. The van der Waals surface area contributed by atoms with Gasteiger partial charge in [0.15, 0.2) is 6.29 Å². The van der Waals surface area contributed by atoms with Crippen LogP contribution in [-0.4, -0.2) is 25.0 Å². The van der Waals surface area contributed by atoms with Crippen molar-refractivity contribution in [1.82, 2.24) is 0 Å². The first-order valence-electron chi connectivity index (χ1n) is 7.60. The van der Waals surface area contributed by atoms with Crippen LogP contribution in [0.5, 0.6) is 0 Å². The Labute approximate surface area is 125 Å². The smallest absolute Gasteiger partial charge is 0.338 e. The zero-order chi connectivity index (χ0) is 15.0. The van der Waals surface area contributed by atoms with Crippen molar-refractivity contribution in [3.05, 3.63) is 35.1 Å². The van der Waals surface area contributed by atoms with E-state index in [1.54, 1.807) is 6.26 Å². The van der Waals surface area contributed by atoms with E-state index in [4.69, 9.17) is 14.2 Å². The van der Waals surface area contributed by atoms with E-state index >= 15 is 0 Å². The molecule has 114 valence electrons. The molecule has 0 aromatic carbocycles. The fourth-order valence-corrected chi connectivity index (χ4v) is 3.28. The lowest BCUT2D eigenvalue weighted by atomic mass is 9.96. The largest absolute Gasteiger partial charge is 0.472 e. The van der Waals surface area contributed by atoms with Gasteiger partial charge in [-0.15, -0.1) is 0 Å². The standard InChI is InChI=1S/C17H22O4/c1-4-5-12-7-13-14(17(18)21-16(13)11(12)3)9-20-15-6-10(2)8-19-15/h4-5,9-10,13,15-16H,6-8H2,1-3H3. The van der Waals surface area contributed by atoms with Crippen LogP contribution in [0.4, 0.5) is 0 Å². The maximum Gasteiger partial charge on any atom is 0.338 e. The Morgan fingerprint density at radius 3 is 2.86 bits per heavy atom. The SMILES string of the molecule is CC=CC1=C(C)C2OC(=O)C(=COC3CC(C)CO3)C2C1. The Balaban J connectivity index is 1.71. The maximum absolute atomic E-state index is 12.0. The number of rotatable bonds is 3. The molecule has 0 radical (unpaired) electrons. The summed E-state index contributed by atoms with van der Waals surface area (Å²) in [6.07, 6.45) is 7.04. The second-order valence-corrected chi connectivity index (χ2v) is 6.16. The van der Waals surface area contributed by atoms with Crippen molar-refractivity contribution >= 4 is 5.97 Å². The second kappa shape index (κ2) is 5.68. The molecule has 2 heterocycles. The molecule has 0 amide bonds. The molecule has 0 aromatic heterocycles. The minimum absolute atomic E-state index is 0.0857. The van der Waals surface area contributed by atoms with Crippen LogP contribution in [0.1, 0.15) is 33.6 Å². The summed E-state index contributed by atoms with van der Waals surface area (Å²) in [4.78, 5) is 12.0. The molecule has 3 aliphatic rings. The van der Waals surface area contributed by atoms with Gasteiger partial charge in [-0.3, -0.25) is 0 Å². The molecule has 4 unspecified atom stereocenters. The van der Waals surface area contributed by atoms with E-state index in [1.807, 2.05) is 19.9 Å². The lowest BCUT2D eigenvalue weighted by Crippen LogP contribution is -2.12. The van der Waals surface area contributed by atoms with Gasteiger partial charge < -0.3 is 14.2 Å². The van der Waals surface area contributed by atoms with Gasteiger partial charge in [0.25, 0.3) is 0 Å². The highest BCUT2D eigenvalue weighted by Crippen LogP contribution is 2.44. The van der Waals surface area contributed by atoms with Gasteiger partial charge in [0.2, 0.25) is 0 Å². The van der Waals surface area contributed by atoms with Gasteiger partial charge in [-0.05, 0) is 37.3 Å². The predicted molar refractivity (Wildman–Crippen MR) is 78.2 cm³/mol. The van der Waals surface area contributed by atoms with Crippen molar-refractivity contribution in [3.8, 4) is 0 Å². The molecule has 3 rings (SSSR count). The number of hydrogen-bond donors (Lipinski definition) is 0. The third-order valence-electron chi connectivity index (χ3n) is 4.48. The van der Waals surface area contributed by atoms with E-state index in [0.717, 1.165) is 25.0 Å². The van der Waals surface area contributed by atoms with Crippen LogP contribution in [0.25, 0.3) is 0 Å². The fourth-order valence-electron chi connectivity index (χ4n) is 3.28. The topological polar surface area (TPSA) is 44.8 Å². The number of carbonyl (C=O) groups excluding carboxylic acids is 1. The summed E-state index contributed by atoms with van der Waals surface area (Å²) in [5.74, 6) is 0.339. The third-order valence-corrected chi connectivity index (χ3v) is 4.48. The van der Waals surface area contributed by atoms with Gasteiger partial charge in [-0.1, -0.05) is 19.1 Å². The number of carbonyl (C=O) groups is 1. The zero-order valence-electron chi connectivity index (χ0n) is 12.8. The van der Waals surface area contributed by atoms with Crippen molar-refractivity contribution in [2.24, 2.45) is 11.8 Å². The molecular weight excluding hydrogens is 268 g/mol. The van der Waals surface area contributed by atoms with Gasteiger partial charge in [0.05, 0.1) is 18.4 Å². The Hall–Kier alpha value is -1.55. The number of esters is 1. The summed E-state index contributed by atoms with van der Waals surface area (Å²) in [6.45, 7) is 6.89. The molecule has 4 nitrogen and oxygen atoms in total. The molecule has 2 saturated heterocycles. The van der Waals surface area contributed by atoms with E-state index in [0.29, 0.717) is 11.5 Å². The number of fused-ring (bicyclic) bond motifs is 1. The van der Waals surface area contributed by atoms with Crippen LogP contribution in [0, 0.1) is 11.8 Å². The van der Waals surface area contributed by atoms with Crippen LogP contribution >= 0.6 is 0 Å². The molecule has 0 saturated carbocycles. The maximum atomic E-state index is 12.0. The predicted octanol–water partition coefficient (Wildman–Crippen LogP) is 3.11. The summed E-state index contributed by atoms with van der Waals surface area (Å²) >= 11 is 0. The van der Waals surface area contributed by atoms with E-state index in [1.165, 1.54) is 5.57 Å². The first-order chi connectivity index (χ1) is 10.1. The Bertz CT molecular complexity index is 529. The van der Waals surface area contributed by atoms with Crippen LogP contribution in [0.15, 0.2) is 35.1 Å². The molecule has 4 atom stereocenters. The first kappa shape index (κ1) is 14.4. The van der Waals surface area contributed by atoms with Gasteiger partial charge in [0, 0.05) is 12.3 Å². The monoisotopic (exact) mass is 290 g/mol. The highest BCUT2D eigenvalue weighted by atomic mass is 16.7. The van der Waals surface area contributed by atoms with Crippen molar-refractivity contribution in [1.29, 1.82) is 0 Å². The molecule has 0 bridgehead atoms. The summed E-state index contributed by atoms with van der Waals surface area (Å²) in [7, 11) is 0. The average Bonchev–Trinajstić information content (AvgIpc) is 3.07. The molecule has 1 aliphatic carbocycles. The molecule has 2 aliphatic heterocycles. The van der Waals surface area contributed by atoms with E-state index < -0.39 is 0 Å². The third kappa shape index (κ3) is 2.64. The summed E-state index contributed by atoms with van der Waals surface area (Å²) in [6, 6.07) is 0. The van der Waals surface area contributed by atoms with Gasteiger partial charge in [-0.2, -0.15) is 0 Å². The normalized spacial score (nSPS) is 37.7. The Morgan fingerprint density at radius 1 is 1.38 bits per heavy atom. The van der Waals surface area contributed by atoms with Crippen LogP contribution in [0.3, 0.4) is 0 Å². The fraction of sp³-hybridized carbons (Fsp3) is 0.588. The average molecular weight is 290 g/mol. The number of hydrogen-bond acceptors (Lipinski definition) is 4. The van der Waals surface area contributed by atoms with E-state index in [2.05, 4.69) is 13.0 Å². The molecule has 4 heteroatoms. The molecule has 0 aromatic rings. The molecule has 0 spiro atoms. The number of allylic oxidation sites excluding steroid dienone is 3. The van der Waals surface area contributed by atoms with E-state index in [-0.39, 0.29) is 24.3 Å². The molecule has 2 fully saturated rings. The summed E-state index contributed by atoms with van der Waals surface area (Å²) in [5.41, 5.74) is 3.05. The van der Waals surface area contributed by atoms with Crippen LogP contribution < -0.4 is 0 Å². The molecule has 21 heavy (non-hydrogen) atoms. The molecular formula is C17H22O4. The summed E-state index contributed by atoms with van der Waals surface area (Å²) < 4.78 is 16.7. The quantitative estimate of drug-likeness (QED) is 0.455. The lowest BCUT2D eigenvalue weighted by molar-refractivity contribution is -0.138. The minimum Gasteiger partial charge on any atom is -0.472 e. The second-order valence-electron chi connectivity index (χ2n) is 6.16. The van der Waals surface area contributed by atoms with Gasteiger partial charge in [0.1, 0.15) is 6.10 Å². The van der Waals surface area contributed by atoms with Gasteiger partial charge in [-0.25, -0.2) is 4.79 Å². The van der Waals surface area contributed by atoms with Crippen molar-refractivity contribution in [3.63, 3.8) is 0 Å². The Kier molecular flexibility index (Phi) is 3.89. The van der Waals surface area contributed by atoms with Crippen molar-refractivity contribution in [2.75, 3.05) is 6.61 Å². The number of ether oxygens (including phenoxy) is 3. The van der Waals surface area contributed by atoms with Crippen molar-refractivity contribution < 1.29 is 19.0 Å². The highest BCUT2D eigenvalue weighted by molar-refractivity contribution is 5.92. The van der Waals surface area contributed by atoms with Crippen LogP contribution in [-0.2, 0) is 19.0 Å². The molecule has 0 N–H and O–H groups in total. The minimum atomic E-state index is -0.255. The van der Waals surface area contributed by atoms with Crippen molar-refractivity contribution in [2.45, 2.75) is 46.0 Å². The zero-order valence-corrected chi connectivity index (χ0v) is 12.8. The Morgan fingerprint density at radius 2 is 2.19 bits per heavy atom. The lowest BCUT2D eigenvalue weighted by Gasteiger charge is -2.11. The van der Waals surface area contributed by atoms with Crippen LogP contribution in [0.2, 0.25) is 0 Å². The first-order valence-corrected chi connectivity index (χ1v) is 7.60. The highest BCUT2D eigenvalue weighted by Gasteiger charge is 2.45.